The van der Waals surface area contributed by atoms with Crippen LogP contribution in [0.3, 0.4) is 0 Å². The van der Waals surface area contributed by atoms with E-state index in [1.165, 1.54) is 23.0 Å². The lowest BCUT2D eigenvalue weighted by Gasteiger charge is -2.15. The largest absolute Gasteiger partial charge is 0.491 e. The smallest absolute Gasteiger partial charge is 0.309 e. The average molecular weight is 749 g/mol. The molecule has 0 aliphatic carbocycles. The van der Waals surface area contributed by atoms with Crippen LogP contribution >= 0.6 is 0 Å². The number of hydrogen-bond acceptors (Lipinski definition) is 13. The first kappa shape index (κ1) is 38.0. The van der Waals surface area contributed by atoms with Crippen LogP contribution in [0.2, 0.25) is 0 Å². The van der Waals surface area contributed by atoms with E-state index in [1.807, 2.05) is 86.5 Å². The fraction of sp³-hybridized carbons (Fsp3) is 0.263. The van der Waals surface area contributed by atoms with E-state index in [1.54, 1.807) is 12.1 Å². The zero-order valence-corrected chi connectivity index (χ0v) is 30.7. The number of carbonyl (C=O) groups excluding carboxylic acids is 2. The number of fused-ring (bicyclic) bond motifs is 2. The Hall–Kier alpha value is -6.72. The number of amides is 2. The van der Waals surface area contributed by atoms with Gasteiger partial charge in [0.25, 0.3) is 11.8 Å². The molecule has 0 unspecified atom stereocenters. The van der Waals surface area contributed by atoms with E-state index in [4.69, 9.17) is 19.3 Å². The second-order valence-corrected chi connectivity index (χ2v) is 12.9. The Morgan fingerprint density at radius 2 is 1.22 bits per heavy atom. The standard InChI is InChI=1S/C38H40N10O7/c1-46(2)13-15-53-32-20-34(40-28-11-7-5-9-26(28)32)42-37(51)30-18-25(55-23-48-22-24(44-45-48)17-36(49)50)19-31(39-30)38(52)43-35-21-33(54-16-14-47(3)4)27-10-6-8-12-29(27)41-35/h5-12,18-22H,13-17,23H2,1-4H3,(H,49,50)(H,40,42,51)(H,41,43,52). The zero-order valence-electron chi connectivity index (χ0n) is 30.7. The minimum Gasteiger partial charge on any atom is -0.491 e. The lowest BCUT2D eigenvalue weighted by molar-refractivity contribution is -0.136. The molecule has 0 fully saturated rings. The second-order valence-electron chi connectivity index (χ2n) is 12.9. The number of nitrogens with one attached hydrogen (secondary N) is 2. The van der Waals surface area contributed by atoms with E-state index in [-0.39, 0.29) is 47.6 Å². The van der Waals surface area contributed by atoms with Crippen LogP contribution in [0.1, 0.15) is 26.7 Å². The fourth-order valence-electron chi connectivity index (χ4n) is 5.29. The molecule has 0 saturated carbocycles. The molecule has 0 aliphatic rings. The number of carboxylic acid groups (broad SMARTS) is 1. The molecular formula is C38H40N10O7. The highest BCUT2D eigenvalue weighted by Gasteiger charge is 2.19. The van der Waals surface area contributed by atoms with Crippen LogP contribution in [0.15, 0.2) is 79.0 Å². The summed E-state index contributed by atoms with van der Waals surface area (Å²) in [6.07, 6.45) is 1.10. The summed E-state index contributed by atoms with van der Waals surface area (Å²) in [5.41, 5.74) is 1.13. The maximum absolute atomic E-state index is 13.8. The van der Waals surface area contributed by atoms with Gasteiger partial charge in [-0.3, -0.25) is 14.4 Å². The number of benzene rings is 2. The normalized spacial score (nSPS) is 11.2. The third-order valence-electron chi connectivity index (χ3n) is 7.98. The molecule has 2 amide bonds. The predicted octanol–water partition coefficient (Wildman–Crippen LogP) is 3.82. The van der Waals surface area contributed by atoms with E-state index in [0.29, 0.717) is 48.8 Å². The van der Waals surface area contributed by atoms with Gasteiger partial charge in [0.15, 0.2) is 6.73 Å². The SMILES string of the molecule is CN(C)CCOc1cc(NC(=O)c2cc(OCn3cc(CC(=O)O)nn3)cc(C(=O)Nc3cc(OCCN(C)C)c4ccccc4n3)n2)nc2ccccc12. The molecule has 3 N–H and O–H groups in total. The monoisotopic (exact) mass is 748 g/mol. The van der Waals surface area contributed by atoms with Gasteiger partial charge in [0.05, 0.1) is 29.3 Å². The van der Waals surface area contributed by atoms with Gasteiger partial charge in [-0.1, -0.05) is 29.5 Å². The quantitative estimate of drug-likeness (QED) is 0.122. The highest BCUT2D eigenvalue weighted by atomic mass is 16.5. The summed E-state index contributed by atoms with van der Waals surface area (Å²) < 4.78 is 19.3. The van der Waals surface area contributed by atoms with Gasteiger partial charge in [-0.15, -0.1) is 5.10 Å². The summed E-state index contributed by atoms with van der Waals surface area (Å²) in [7, 11) is 7.77. The van der Waals surface area contributed by atoms with Crippen molar-refractivity contribution >= 4 is 51.2 Å². The summed E-state index contributed by atoms with van der Waals surface area (Å²) in [6.45, 7) is 1.96. The van der Waals surface area contributed by atoms with Gasteiger partial charge in [-0.2, -0.15) is 0 Å². The number of aliphatic carboxylic acids is 1. The Kier molecular flexibility index (Phi) is 12.0. The molecule has 0 spiro atoms. The molecule has 6 aromatic rings. The Balaban J connectivity index is 1.29. The van der Waals surface area contributed by atoms with Gasteiger partial charge in [0.1, 0.15) is 53.5 Å². The van der Waals surface area contributed by atoms with Gasteiger partial charge in [-0.25, -0.2) is 19.6 Å². The number of anilines is 2. The molecule has 0 radical (unpaired) electrons. The molecular weight excluding hydrogens is 708 g/mol. The van der Waals surface area contributed by atoms with E-state index in [2.05, 4.69) is 35.9 Å². The molecule has 6 rings (SSSR count). The summed E-state index contributed by atoms with van der Waals surface area (Å²) in [6, 6.07) is 20.8. The first-order valence-electron chi connectivity index (χ1n) is 17.2. The van der Waals surface area contributed by atoms with Crippen molar-refractivity contribution in [3.05, 3.63) is 96.1 Å². The number of rotatable bonds is 17. The van der Waals surface area contributed by atoms with Crippen molar-refractivity contribution in [2.75, 3.05) is 65.1 Å². The molecule has 55 heavy (non-hydrogen) atoms. The molecule has 2 aromatic carbocycles. The van der Waals surface area contributed by atoms with Crippen molar-refractivity contribution in [3.63, 3.8) is 0 Å². The molecule has 17 heteroatoms. The Morgan fingerprint density at radius 3 is 1.71 bits per heavy atom. The van der Waals surface area contributed by atoms with Gasteiger partial charge >= 0.3 is 5.97 Å². The van der Waals surface area contributed by atoms with Crippen LogP contribution in [-0.4, -0.2) is 117 Å². The lowest BCUT2D eigenvalue weighted by Crippen LogP contribution is -2.21. The van der Waals surface area contributed by atoms with Gasteiger partial charge in [-0.05, 0) is 52.5 Å². The number of hydrogen-bond donors (Lipinski definition) is 3. The minimum atomic E-state index is -1.06. The Bertz CT molecular complexity index is 2200. The highest BCUT2D eigenvalue weighted by molar-refractivity contribution is 6.07. The number of carbonyl (C=O) groups is 3. The molecule has 284 valence electrons. The number of pyridine rings is 3. The van der Waals surface area contributed by atoms with E-state index in [9.17, 15) is 14.4 Å². The van der Waals surface area contributed by atoms with Crippen LogP contribution < -0.4 is 24.8 Å². The topological polar surface area (TPSA) is 199 Å². The third-order valence-corrected chi connectivity index (χ3v) is 7.98. The number of ether oxygens (including phenoxy) is 3. The van der Waals surface area contributed by atoms with Crippen molar-refractivity contribution in [1.82, 2.24) is 39.7 Å². The Morgan fingerprint density at radius 1 is 0.709 bits per heavy atom. The van der Waals surface area contributed by atoms with Gasteiger partial charge in [0.2, 0.25) is 0 Å². The number of para-hydroxylation sites is 2. The van der Waals surface area contributed by atoms with Crippen LogP contribution in [-0.2, 0) is 17.9 Å². The highest BCUT2D eigenvalue weighted by Crippen LogP contribution is 2.29. The molecule has 17 nitrogen and oxygen atoms in total. The summed E-state index contributed by atoms with van der Waals surface area (Å²) in [5.74, 6) is -0.824. The molecule has 0 bridgehead atoms. The van der Waals surface area contributed by atoms with Crippen molar-refractivity contribution in [1.29, 1.82) is 0 Å². The first-order valence-corrected chi connectivity index (χ1v) is 17.2. The van der Waals surface area contributed by atoms with E-state index < -0.39 is 17.8 Å². The Labute approximate surface area is 315 Å². The van der Waals surface area contributed by atoms with E-state index >= 15 is 0 Å². The molecule has 4 aromatic heterocycles. The molecule has 0 aliphatic heterocycles. The maximum atomic E-state index is 13.8. The van der Waals surface area contributed by atoms with Crippen molar-refractivity contribution < 1.29 is 33.7 Å². The van der Waals surface area contributed by atoms with Crippen LogP contribution in [0.25, 0.3) is 21.8 Å². The van der Waals surface area contributed by atoms with Crippen molar-refractivity contribution in [2.45, 2.75) is 13.2 Å². The summed E-state index contributed by atoms with van der Waals surface area (Å²) in [4.78, 5) is 56.3. The lowest BCUT2D eigenvalue weighted by atomic mass is 10.2. The summed E-state index contributed by atoms with van der Waals surface area (Å²) in [5, 5.41) is 23.9. The van der Waals surface area contributed by atoms with Gasteiger partial charge < -0.3 is 39.8 Å². The number of likely N-dealkylation sites (N-methyl/N-ethyl adjacent to an activating group) is 2. The van der Waals surface area contributed by atoms with Crippen molar-refractivity contribution in [2.24, 2.45) is 0 Å². The van der Waals surface area contributed by atoms with E-state index in [0.717, 1.165) is 10.8 Å². The molecule has 0 saturated heterocycles. The zero-order chi connectivity index (χ0) is 38.9. The molecule has 4 heterocycles. The summed E-state index contributed by atoms with van der Waals surface area (Å²) >= 11 is 0. The van der Waals surface area contributed by atoms with Crippen LogP contribution in [0.5, 0.6) is 17.2 Å². The second kappa shape index (κ2) is 17.4. The van der Waals surface area contributed by atoms with Crippen LogP contribution in [0, 0.1) is 0 Å². The number of nitrogens with zero attached hydrogens (tertiary/aromatic N) is 8. The predicted molar refractivity (Wildman–Crippen MR) is 204 cm³/mol. The molecule has 0 atom stereocenters. The first-order chi connectivity index (χ1) is 26.5. The minimum absolute atomic E-state index is 0.0962. The average Bonchev–Trinajstić information content (AvgIpc) is 3.60. The van der Waals surface area contributed by atoms with Crippen molar-refractivity contribution in [3.8, 4) is 17.2 Å². The van der Waals surface area contributed by atoms with Crippen LogP contribution in [0.4, 0.5) is 11.6 Å². The number of carboxylic acids is 1. The third kappa shape index (κ3) is 10.2. The fourth-order valence-corrected chi connectivity index (χ4v) is 5.29. The van der Waals surface area contributed by atoms with Gasteiger partial charge in [0, 0.05) is 48.1 Å². The number of aromatic nitrogens is 6. The maximum Gasteiger partial charge on any atom is 0.309 e.